The molecule has 0 aliphatic heterocycles. The van der Waals surface area contributed by atoms with Gasteiger partial charge >= 0.3 is 12.0 Å². The Hall–Kier alpha value is -2.86. The summed E-state index contributed by atoms with van der Waals surface area (Å²) in [7, 11) is 0. The van der Waals surface area contributed by atoms with E-state index in [1.165, 1.54) is 11.3 Å². The molecule has 24 heavy (non-hydrogen) atoms. The Morgan fingerprint density at radius 2 is 1.75 bits per heavy atom. The first-order valence-electron chi connectivity index (χ1n) is 7.41. The number of fused-ring (bicyclic) bond motifs is 1. The third-order valence-corrected chi connectivity index (χ3v) is 4.90. The van der Waals surface area contributed by atoms with Crippen LogP contribution in [-0.2, 0) is 4.84 Å². The van der Waals surface area contributed by atoms with Crippen molar-refractivity contribution >= 4 is 33.4 Å². The third-order valence-electron chi connectivity index (χ3n) is 3.62. The number of amides is 2. The van der Waals surface area contributed by atoms with E-state index in [9.17, 15) is 9.59 Å². The van der Waals surface area contributed by atoms with Crippen LogP contribution in [0.25, 0.3) is 10.1 Å². The number of nitrogens with zero attached hydrogens (tertiary/aromatic N) is 1. The molecule has 0 bridgehead atoms. The van der Waals surface area contributed by atoms with E-state index in [1.54, 1.807) is 37.3 Å². The number of carbonyl (C=O) groups is 2. The second-order valence-corrected chi connectivity index (χ2v) is 6.39. The first-order valence-corrected chi connectivity index (χ1v) is 8.22. The Morgan fingerprint density at radius 3 is 2.42 bits per heavy atom. The van der Waals surface area contributed by atoms with Crippen LogP contribution < -0.4 is 5.73 Å². The van der Waals surface area contributed by atoms with Crippen molar-refractivity contribution in [3.8, 4) is 0 Å². The van der Waals surface area contributed by atoms with Crippen LogP contribution in [0.4, 0.5) is 4.79 Å². The maximum atomic E-state index is 12.2. The number of urea groups is 1. The maximum Gasteiger partial charge on any atom is 0.363 e. The predicted octanol–water partition coefficient (Wildman–Crippen LogP) is 4.12. The summed E-state index contributed by atoms with van der Waals surface area (Å²) in [5.41, 5.74) is 5.76. The smallest absolute Gasteiger partial charge is 0.349 e. The highest BCUT2D eigenvalue weighted by Gasteiger charge is 2.26. The minimum atomic E-state index is -0.816. The molecule has 2 aromatic carbocycles. The lowest BCUT2D eigenvalue weighted by atomic mass is 10.2. The van der Waals surface area contributed by atoms with Gasteiger partial charge in [0.15, 0.2) is 0 Å². The fourth-order valence-electron chi connectivity index (χ4n) is 2.36. The van der Waals surface area contributed by atoms with Crippen LogP contribution in [0.15, 0.2) is 60.7 Å². The fraction of sp³-hybridized carbons (Fsp3) is 0.111. The molecule has 0 saturated carbocycles. The summed E-state index contributed by atoms with van der Waals surface area (Å²) in [5.74, 6) is -0.623. The number of rotatable bonds is 3. The molecule has 6 heteroatoms. The number of carbonyl (C=O) groups excluding carboxylic acids is 2. The van der Waals surface area contributed by atoms with Gasteiger partial charge in [-0.25, -0.2) is 9.59 Å². The van der Waals surface area contributed by atoms with Gasteiger partial charge in [-0.1, -0.05) is 36.4 Å². The summed E-state index contributed by atoms with van der Waals surface area (Å²) in [6, 6.07) is 17.0. The first-order chi connectivity index (χ1) is 11.6. The lowest BCUT2D eigenvalue weighted by Gasteiger charge is -2.24. The van der Waals surface area contributed by atoms with Crippen molar-refractivity contribution in [1.29, 1.82) is 0 Å². The molecule has 3 aromatic rings. The van der Waals surface area contributed by atoms with Crippen molar-refractivity contribution in [2.45, 2.75) is 13.0 Å². The highest BCUT2D eigenvalue weighted by atomic mass is 32.1. The van der Waals surface area contributed by atoms with Gasteiger partial charge in [-0.05, 0) is 36.6 Å². The number of benzene rings is 2. The SMILES string of the molecule is CC(c1cc2ccccc2s1)N(OC(=O)c1ccccc1)C(N)=O. The summed E-state index contributed by atoms with van der Waals surface area (Å²) < 4.78 is 1.10. The highest BCUT2D eigenvalue weighted by molar-refractivity contribution is 7.19. The van der Waals surface area contributed by atoms with Crippen molar-refractivity contribution in [3.05, 3.63) is 71.1 Å². The van der Waals surface area contributed by atoms with Gasteiger partial charge in [-0.2, -0.15) is 0 Å². The number of thiophene rings is 1. The molecule has 0 spiro atoms. The van der Waals surface area contributed by atoms with E-state index in [2.05, 4.69) is 0 Å². The van der Waals surface area contributed by atoms with E-state index in [0.29, 0.717) is 5.56 Å². The summed E-state index contributed by atoms with van der Waals surface area (Å²) in [6.45, 7) is 1.77. The van der Waals surface area contributed by atoms with Gasteiger partial charge in [0.25, 0.3) is 0 Å². The van der Waals surface area contributed by atoms with E-state index < -0.39 is 18.0 Å². The topological polar surface area (TPSA) is 72.6 Å². The first kappa shape index (κ1) is 16.0. The Bertz CT molecular complexity index is 843. The molecule has 3 rings (SSSR count). The lowest BCUT2D eigenvalue weighted by molar-refractivity contribution is -0.0928. The zero-order valence-corrected chi connectivity index (χ0v) is 13.8. The van der Waals surface area contributed by atoms with Crippen molar-refractivity contribution in [3.63, 3.8) is 0 Å². The Balaban J connectivity index is 1.84. The molecule has 1 heterocycles. The summed E-state index contributed by atoms with van der Waals surface area (Å²) in [4.78, 5) is 30.1. The zero-order valence-electron chi connectivity index (χ0n) is 13.0. The van der Waals surface area contributed by atoms with Crippen LogP contribution in [0, 0.1) is 0 Å². The number of primary amides is 1. The number of nitrogens with two attached hydrogens (primary N) is 1. The van der Waals surface area contributed by atoms with Gasteiger partial charge < -0.3 is 10.6 Å². The largest absolute Gasteiger partial charge is 0.363 e. The molecule has 2 N–H and O–H groups in total. The van der Waals surface area contributed by atoms with Gasteiger partial charge in [0.2, 0.25) is 0 Å². The molecule has 0 fully saturated rings. The summed E-state index contributed by atoms with van der Waals surface area (Å²) in [5, 5.41) is 1.99. The van der Waals surface area contributed by atoms with Crippen LogP contribution in [0.5, 0.6) is 0 Å². The average molecular weight is 340 g/mol. The van der Waals surface area contributed by atoms with Crippen LogP contribution in [0.3, 0.4) is 0 Å². The molecular formula is C18H16N2O3S. The van der Waals surface area contributed by atoms with Crippen molar-refractivity contribution in [1.82, 2.24) is 5.06 Å². The minimum absolute atomic E-state index is 0.354. The zero-order chi connectivity index (χ0) is 17.1. The predicted molar refractivity (Wildman–Crippen MR) is 93.5 cm³/mol. The number of hydroxylamine groups is 2. The Kier molecular flexibility index (Phi) is 4.48. The molecule has 5 nitrogen and oxygen atoms in total. The quantitative estimate of drug-likeness (QED) is 0.729. The summed E-state index contributed by atoms with van der Waals surface area (Å²) in [6.07, 6.45) is 0. The van der Waals surface area contributed by atoms with Crippen LogP contribution >= 0.6 is 11.3 Å². The molecule has 1 unspecified atom stereocenters. The molecule has 0 aliphatic rings. The Labute approximate surface area is 143 Å². The van der Waals surface area contributed by atoms with Crippen LogP contribution in [0.1, 0.15) is 28.2 Å². The van der Waals surface area contributed by atoms with Crippen LogP contribution in [0.2, 0.25) is 0 Å². The van der Waals surface area contributed by atoms with E-state index in [4.69, 9.17) is 10.6 Å². The normalized spacial score (nSPS) is 11.9. The van der Waals surface area contributed by atoms with E-state index >= 15 is 0 Å². The van der Waals surface area contributed by atoms with Gasteiger partial charge in [0.1, 0.15) is 6.04 Å². The summed E-state index contributed by atoms with van der Waals surface area (Å²) >= 11 is 1.53. The highest BCUT2D eigenvalue weighted by Crippen LogP contribution is 2.32. The second-order valence-electron chi connectivity index (χ2n) is 5.27. The van der Waals surface area contributed by atoms with Crippen molar-refractivity contribution in [2.24, 2.45) is 5.73 Å². The van der Waals surface area contributed by atoms with Crippen molar-refractivity contribution < 1.29 is 14.4 Å². The number of hydrogen-bond donors (Lipinski definition) is 1. The van der Waals surface area contributed by atoms with E-state index in [-0.39, 0.29) is 0 Å². The number of hydrogen-bond acceptors (Lipinski definition) is 4. The monoisotopic (exact) mass is 340 g/mol. The molecular weight excluding hydrogens is 324 g/mol. The second kappa shape index (κ2) is 6.72. The van der Waals surface area contributed by atoms with Gasteiger partial charge in [-0.3, -0.25) is 0 Å². The van der Waals surface area contributed by atoms with Gasteiger partial charge in [0, 0.05) is 9.58 Å². The van der Waals surface area contributed by atoms with Gasteiger partial charge in [-0.15, -0.1) is 16.4 Å². The molecule has 1 aromatic heterocycles. The van der Waals surface area contributed by atoms with Gasteiger partial charge in [0.05, 0.1) is 5.56 Å². The molecule has 0 aliphatic carbocycles. The standard InChI is InChI=1S/C18H16N2O3S/c1-12(16-11-14-9-5-6-10-15(14)24-16)20(18(19)22)23-17(21)13-7-3-2-4-8-13/h2-12H,1H3,(H2,19,22). The van der Waals surface area contributed by atoms with Crippen LogP contribution in [-0.4, -0.2) is 17.1 Å². The lowest BCUT2D eigenvalue weighted by Crippen LogP contribution is -2.39. The molecule has 0 saturated heterocycles. The molecule has 1 atom stereocenters. The third kappa shape index (κ3) is 3.23. The molecule has 2 amide bonds. The fourth-order valence-corrected chi connectivity index (χ4v) is 3.45. The Morgan fingerprint density at radius 1 is 1.08 bits per heavy atom. The maximum absolute atomic E-state index is 12.2. The van der Waals surface area contributed by atoms with Crippen molar-refractivity contribution in [2.75, 3.05) is 0 Å². The van der Waals surface area contributed by atoms with E-state index in [1.807, 2.05) is 30.3 Å². The molecule has 122 valence electrons. The van der Waals surface area contributed by atoms with E-state index in [0.717, 1.165) is 20.0 Å². The average Bonchev–Trinajstić information content (AvgIpc) is 3.03. The molecule has 0 radical (unpaired) electrons. The minimum Gasteiger partial charge on any atom is -0.349 e.